The lowest BCUT2D eigenvalue weighted by molar-refractivity contribution is -0.205. The van der Waals surface area contributed by atoms with Crippen LogP contribution in [-0.2, 0) is 19.4 Å². The SMILES string of the molecule is CCCCC/C=C/C(=N/OS(=O)(=O)O)S[C@@H]1O[C@H](CO)[C@@H](O)[C@H](O)[C@H]1O. The van der Waals surface area contributed by atoms with Crippen molar-refractivity contribution in [2.45, 2.75) is 62.5 Å². The van der Waals surface area contributed by atoms with Crippen molar-refractivity contribution >= 4 is 27.2 Å². The molecule has 1 aliphatic rings. The number of oxime groups is 1. The maximum atomic E-state index is 10.7. The molecule has 1 saturated heterocycles. The smallest absolute Gasteiger partial charge is 0.394 e. The van der Waals surface area contributed by atoms with E-state index in [2.05, 4.69) is 9.44 Å². The summed E-state index contributed by atoms with van der Waals surface area (Å²) >= 11 is 0.711. The van der Waals surface area contributed by atoms with Gasteiger partial charge in [-0.15, -0.1) is 0 Å². The molecule has 0 aliphatic carbocycles. The van der Waals surface area contributed by atoms with Crippen molar-refractivity contribution in [3.63, 3.8) is 0 Å². The van der Waals surface area contributed by atoms with E-state index >= 15 is 0 Å². The van der Waals surface area contributed by atoms with Gasteiger partial charge in [-0.25, -0.2) is 4.28 Å². The third-order valence-corrected chi connectivity index (χ3v) is 4.88. The Bertz CT molecular complexity index is 579. The number of rotatable bonds is 9. The fourth-order valence-corrected chi connectivity index (χ4v) is 3.37. The molecule has 0 aromatic heterocycles. The van der Waals surface area contributed by atoms with Gasteiger partial charge in [-0.1, -0.05) is 42.8 Å². The molecule has 1 aliphatic heterocycles. The van der Waals surface area contributed by atoms with E-state index in [1.807, 2.05) is 6.92 Å². The van der Waals surface area contributed by atoms with Crippen LogP contribution in [0.4, 0.5) is 0 Å². The van der Waals surface area contributed by atoms with Crippen LogP contribution in [0.2, 0.25) is 0 Å². The summed E-state index contributed by atoms with van der Waals surface area (Å²) in [6.07, 6.45) is 1.05. The minimum Gasteiger partial charge on any atom is -0.394 e. The third-order valence-electron chi connectivity index (χ3n) is 3.54. The van der Waals surface area contributed by atoms with E-state index < -0.39 is 46.9 Å². The molecule has 1 heterocycles. The molecule has 12 heteroatoms. The first-order chi connectivity index (χ1) is 12.2. The van der Waals surface area contributed by atoms with E-state index in [1.54, 1.807) is 6.08 Å². The average molecular weight is 415 g/mol. The van der Waals surface area contributed by atoms with Crippen LogP contribution in [-0.4, -0.2) is 74.9 Å². The first kappa shape index (κ1) is 23.3. The summed E-state index contributed by atoms with van der Waals surface area (Å²) in [6, 6.07) is 0. The van der Waals surface area contributed by atoms with Crippen molar-refractivity contribution < 1.29 is 42.4 Å². The summed E-state index contributed by atoms with van der Waals surface area (Å²) in [6.45, 7) is 1.45. The van der Waals surface area contributed by atoms with Gasteiger partial charge in [0.2, 0.25) is 0 Å². The lowest BCUT2D eigenvalue weighted by Gasteiger charge is -2.39. The van der Waals surface area contributed by atoms with Crippen molar-refractivity contribution in [3.05, 3.63) is 12.2 Å². The van der Waals surface area contributed by atoms with Gasteiger partial charge >= 0.3 is 10.4 Å². The van der Waals surface area contributed by atoms with Gasteiger partial charge in [0.15, 0.2) is 0 Å². The van der Waals surface area contributed by atoms with Crippen molar-refractivity contribution in [1.29, 1.82) is 0 Å². The molecular formula is C14H25NO9S2. The highest BCUT2D eigenvalue weighted by atomic mass is 32.3. The number of aliphatic hydroxyl groups is 4. The Morgan fingerprint density at radius 1 is 1.23 bits per heavy atom. The topological polar surface area (TPSA) is 166 Å². The number of hydrogen-bond donors (Lipinski definition) is 5. The van der Waals surface area contributed by atoms with Gasteiger partial charge in [0.05, 0.1) is 6.61 Å². The fourth-order valence-electron chi connectivity index (χ4n) is 2.16. The molecule has 26 heavy (non-hydrogen) atoms. The molecule has 0 spiro atoms. The summed E-state index contributed by atoms with van der Waals surface area (Å²) in [7, 11) is -4.82. The fraction of sp³-hybridized carbons (Fsp3) is 0.786. The molecule has 10 nitrogen and oxygen atoms in total. The molecule has 1 rings (SSSR count). The van der Waals surface area contributed by atoms with Crippen LogP contribution in [0.3, 0.4) is 0 Å². The summed E-state index contributed by atoms with van der Waals surface area (Å²) in [5.41, 5.74) is -1.16. The Hall–Kier alpha value is -0.730. The summed E-state index contributed by atoms with van der Waals surface area (Å²) in [4.78, 5) is 0. The molecule has 0 unspecified atom stereocenters. The number of hydrogen-bond acceptors (Lipinski definition) is 10. The standard InChI is InChI=1S/C14H25NO9S2/c1-2-3-4-5-6-7-10(15-24-26(20,21)22)25-14-13(19)12(18)11(17)9(8-16)23-14/h6-7,9,11-14,16-19H,2-5,8H2,1H3,(H,20,21,22)/b7-6+,15-10-/t9-,11-,12+,13-,14+/m1/s1. The molecule has 0 saturated carbocycles. The number of allylic oxidation sites excluding steroid dienone is 1. The molecule has 0 bridgehead atoms. The monoisotopic (exact) mass is 415 g/mol. The van der Waals surface area contributed by atoms with Gasteiger partial charge in [0.25, 0.3) is 0 Å². The first-order valence-electron chi connectivity index (χ1n) is 8.07. The Kier molecular flexibility index (Phi) is 10.0. The van der Waals surface area contributed by atoms with Crippen LogP contribution >= 0.6 is 11.8 Å². The summed E-state index contributed by atoms with van der Waals surface area (Å²) in [5.74, 6) is 0. The Morgan fingerprint density at radius 2 is 1.92 bits per heavy atom. The molecule has 0 aromatic carbocycles. The largest absolute Gasteiger partial charge is 0.466 e. The minimum atomic E-state index is -4.82. The summed E-state index contributed by atoms with van der Waals surface area (Å²) in [5, 5.41) is 42.0. The van der Waals surface area contributed by atoms with E-state index in [0.717, 1.165) is 19.3 Å². The molecular weight excluding hydrogens is 390 g/mol. The zero-order chi connectivity index (χ0) is 19.7. The normalized spacial score (nSPS) is 30.7. The van der Waals surface area contributed by atoms with Crippen LogP contribution in [0.1, 0.15) is 32.6 Å². The van der Waals surface area contributed by atoms with Gasteiger partial charge < -0.3 is 25.2 Å². The van der Waals surface area contributed by atoms with Crippen molar-refractivity contribution in [2.24, 2.45) is 5.16 Å². The second kappa shape index (κ2) is 11.2. The number of ether oxygens (including phenoxy) is 1. The molecule has 152 valence electrons. The molecule has 0 radical (unpaired) electrons. The highest BCUT2D eigenvalue weighted by Crippen LogP contribution is 2.29. The maximum absolute atomic E-state index is 10.7. The lowest BCUT2D eigenvalue weighted by atomic mass is 10.0. The maximum Gasteiger partial charge on any atom is 0.466 e. The van der Waals surface area contributed by atoms with Crippen LogP contribution < -0.4 is 0 Å². The number of nitrogens with zero attached hydrogens (tertiary/aromatic N) is 1. The van der Waals surface area contributed by atoms with Gasteiger partial charge in [0.1, 0.15) is 34.9 Å². The Labute approximate surface area is 156 Å². The Balaban J connectivity index is 2.85. The predicted molar refractivity (Wildman–Crippen MR) is 94.7 cm³/mol. The summed E-state index contributed by atoms with van der Waals surface area (Å²) < 4.78 is 39.4. The second-order valence-corrected chi connectivity index (χ2v) is 7.77. The zero-order valence-corrected chi connectivity index (χ0v) is 15.8. The van der Waals surface area contributed by atoms with Crippen molar-refractivity contribution in [2.75, 3.05) is 6.61 Å². The molecule has 5 atom stereocenters. The van der Waals surface area contributed by atoms with Gasteiger partial charge in [-0.3, -0.25) is 4.55 Å². The highest BCUT2D eigenvalue weighted by Gasteiger charge is 2.44. The van der Waals surface area contributed by atoms with E-state index in [4.69, 9.17) is 9.29 Å². The predicted octanol–water partition coefficient (Wildman–Crippen LogP) is -0.211. The average Bonchev–Trinajstić information content (AvgIpc) is 2.58. The van der Waals surface area contributed by atoms with Crippen LogP contribution in [0.25, 0.3) is 0 Å². The first-order valence-corrected chi connectivity index (χ1v) is 10.3. The van der Waals surface area contributed by atoms with Crippen molar-refractivity contribution in [1.82, 2.24) is 0 Å². The third kappa shape index (κ3) is 7.88. The van der Waals surface area contributed by atoms with E-state index in [0.29, 0.717) is 18.2 Å². The van der Waals surface area contributed by atoms with Crippen LogP contribution in [0, 0.1) is 0 Å². The van der Waals surface area contributed by atoms with Gasteiger partial charge in [-0.05, 0) is 18.9 Å². The van der Waals surface area contributed by atoms with Gasteiger partial charge in [0, 0.05) is 0 Å². The molecule has 0 amide bonds. The van der Waals surface area contributed by atoms with Crippen LogP contribution in [0.15, 0.2) is 17.3 Å². The highest BCUT2D eigenvalue weighted by molar-refractivity contribution is 8.14. The molecule has 0 aromatic rings. The molecule has 1 fully saturated rings. The van der Waals surface area contributed by atoms with Crippen LogP contribution in [0.5, 0.6) is 0 Å². The lowest BCUT2D eigenvalue weighted by Crippen LogP contribution is -2.57. The minimum absolute atomic E-state index is 0.0524. The van der Waals surface area contributed by atoms with E-state index in [1.165, 1.54) is 6.08 Å². The molecule has 5 N–H and O–H groups in total. The number of thioether (sulfide) groups is 1. The van der Waals surface area contributed by atoms with E-state index in [9.17, 15) is 28.8 Å². The Morgan fingerprint density at radius 3 is 2.50 bits per heavy atom. The van der Waals surface area contributed by atoms with E-state index in [-0.39, 0.29) is 5.04 Å². The zero-order valence-electron chi connectivity index (χ0n) is 14.2. The van der Waals surface area contributed by atoms with Crippen molar-refractivity contribution in [3.8, 4) is 0 Å². The van der Waals surface area contributed by atoms with Gasteiger partial charge in [-0.2, -0.15) is 8.42 Å². The second-order valence-electron chi connectivity index (χ2n) is 5.65. The quantitative estimate of drug-likeness (QED) is 0.112. The number of aliphatic hydroxyl groups excluding tert-OH is 4. The number of unbranched alkanes of at least 4 members (excludes halogenated alkanes) is 3.